The molecule has 2 aromatic carbocycles. The lowest BCUT2D eigenvalue weighted by molar-refractivity contribution is -0.138. The van der Waals surface area contributed by atoms with E-state index in [-0.39, 0.29) is 11.7 Å². The standard InChI is InChI=1S/C25H29F3N4O/c1-15-21(6-5-7-23(15)25(26,27)28)16(2)30-24-22-13-20(10-8-17(22)14-29-31-24)33-19-11-9-18(12-19)32(3)4/h5-8,10,13-14,16,18-19H,9,11-12H2,1-4H3,(H,30,31)/t16-,18+,19+/m1/s1. The summed E-state index contributed by atoms with van der Waals surface area (Å²) in [6.45, 7) is 3.32. The van der Waals surface area contributed by atoms with Gasteiger partial charge in [0.15, 0.2) is 5.82 Å². The van der Waals surface area contributed by atoms with E-state index >= 15 is 0 Å². The molecule has 0 spiro atoms. The van der Waals surface area contributed by atoms with Crippen molar-refractivity contribution in [2.75, 3.05) is 19.4 Å². The van der Waals surface area contributed by atoms with Crippen LogP contribution in [0, 0.1) is 6.92 Å². The Kier molecular flexibility index (Phi) is 6.47. The van der Waals surface area contributed by atoms with Crippen LogP contribution >= 0.6 is 0 Å². The van der Waals surface area contributed by atoms with Gasteiger partial charge in [0.25, 0.3) is 0 Å². The number of nitrogens with one attached hydrogen (secondary N) is 1. The summed E-state index contributed by atoms with van der Waals surface area (Å²) < 4.78 is 46.3. The van der Waals surface area contributed by atoms with Crippen molar-refractivity contribution in [1.82, 2.24) is 15.1 Å². The van der Waals surface area contributed by atoms with Gasteiger partial charge in [0.05, 0.1) is 17.8 Å². The maximum absolute atomic E-state index is 13.3. The van der Waals surface area contributed by atoms with Gasteiger partial charge in [-0.2, -0.15) is 18.3 Å². The Morgan fingerprint density at radius 2 is 1.94 bits per heavy atom. The number of hydrogen-bond acceptors (Lipinski definition) is 5. The highest BCUT2D eigenvalue weighted by molar-refractivity contribution is 5.92. The third-order valence-electron chi connectivity index (χ3n) is 6.53. The van der Waals surface area contributed by atoms with E-state index < -0.39 is 17.8 Å². The molecule has 1 aliphatic rings. The lowest BCUT2D eigenvalue weighted by atomic mass is 9.97. The smallest absolute Gasteiger partial charge is 0.416 e. The summed E-state index contributed by atoms with van der Waals surface area (Å²) in [7, 11) is 4.18. The Labute approximate surface area is 192 Å². The van der Waals surface area contributed by atoms with Gasteiger partial charge in [-0.15, -0.1) is 5.10 Å². The lowest BCUT2D eigenvalue weighted by Crippen LogP contribution is -2.26. The first-order valence-electron chi connectivity index (χ1n) is 11.1. The largest absolute Gasteiger partial charge is 0.490 e. The Balaban J connectivity index is 1.58. The van der Waals surface area contributed by atoms with Gasteiger partial charge in [0.1, 0.15) is 11.9 Å². The van der Waals surface area contributed by atoms with Crippen LogP contribution in [0.1, 0.15) is 48.9 Å². The van der Waals surface area contributed by atoms with Crippen molar-refractivity contribution in [2.45, 2.75) is 57.5 Å². The number of halogens is 3. The molecule has 1 saturated carbocycles. The number of nitrogens with zero attached hydrogens (tertiary/aromatic N) is 3. The molecule has 1 aliphatic carbocycles. The van der Waals surface area contributed by atoms with E-state index in [4.69, 9.17) is 4.74 Å². The first-order valence-corrected chi connectivity index (χ1v) is 11.1. The third kappa shape index (κ3) is 5.05. The summed E-state index contributed by atoms with van der Waals surface area (Å²) in [5.74, 6) is 1.27. The molecule has 0 radical (unpaired) electrons. The van der Waals surface area contributed by atoms with Crippen molar-refractivity contribution >= 4 is 16.6 Å². The zero-order chi connectivity index (χ0) is 23.8. The van der Waals surface area contributed by atoms with Crippen molar-refractivity contribution in [3.8, 4) is 5.75 Å². The Morgan fingerprint density at radius 1 is 1.15 bits per heavy atom. The minimum atomic E-state index is -4.39. The van der Waals surface area contributed by atoms with Crippen LogP contribution in [-0.4, -0.2) is 41.3 Å². The molecule has 0 saturated heterocycles. The van der Waals surface area contributed by atoms with Crippen LogP contribution < -0.4 is 10.1 Å². The number of ether oxygens (including phenoxy) is 1. The second-order valence-corrected chi connectivity index (χ2v) is 9.00. The highest BCUT2D eigenvalue weighted by Crippen LogP contribution is 2.36. The van der Waals surface area contributed by atoms with Gasteiger partial charge >= 0.3 is 6.18 Å². The van der Waals surface area contributed by atoms with Crippen LogP contribution in [0.4, 0.5) is 19.0 Å². The number of rotatable bonds is 6. The van der Waals surface area contributed by atoms with Gasteiger partial charge in [0, 0.05) is 16.8 Å². The van der Waals surface area contributed by atoms with E-state index in [9.17, 15) is 13.2 Å². The highest BCUT2D eigenvalue weighted by atomic mass is 19.4. The van der Waals surface area contributed by atoms with Crippen LogP contribution in [0.15, 0.2) is 42.6 Å². The monoisotopic (exact) mass is 458 g/mol. The number of benzene rings is 2. The second kappa shape index (κ2) is 9.17. The van der Waals surface area contributed by atoms with E-state index in [1.165, 1.54) is 13.0 Å². The fourth-order valence-electron chi connectivity index (χ4n) is 4.63. The average Bonchev–Trinajstić information content (AvgIpc) is 3.22. The summed E-state index contributed by atoms with van der Waals surface area (Å²) in [6, 6.07) is 10.2. The van der Waals surface area contributed by atoms with Gasteiger partial charge in [0.2, 0.25) is 0 Å². The molecule has 8 heteroatoms. The first kappa shape index (κ1) is 23.3. The predicted octanol–water partition coefficient (Wildman–Crippen LogP) is 5.99. The number of fused-ring (bicyclic) bond motifs is 1. The molecule has 3 aromatic rings. The topological polar surface area (TPSA) is 50.3 Å². The molecule has 0 amide bonds. The zero-order valence-electron chi connectivity index (χ0n) is 19.3. The molecular formula is C25H29F3N4O. The van der Waals surface area contributed by atoms with Crippen molar-refractivity contribution in [2.24, 2.45) is 0 Å². The molecule has 1 fully saturated rings. The van der Waals surface area contributed by atoms with Gasteiger partial charge in [-0.1, -0.05) is 12.1 Å². The summed E-state index contributed by atoms with van der Waals surface area (Å²) in [5, 5.41) is 13.3. The Bertz CT molecular complexity index is 1130. The van der Waals surface area contributed by atoms with Crippen LogP contribution in [0.5, 0.6) is 5.75 Å². The highest BCUT2D eigenvalue weighted by Gasteiger charge is 2.33. The molecule has 0 bridgehead atoms. The zero-order valence-corrected chi connectivity index (χ0v) is 19.3. The van der Waals surface area contributed by atoms with Crippen LogP contribution in [0.3, 0.4) is 0 Å². The molecule has 4 rings (SSSR count). The summed E-state index contributed by atoms with van der Waals surface area (Å²) in [5.41, 5.74) is 0.150. The lowest BCUT2D eigenvalue weighted by Gasteiger charge is -2.21. The van der Waals surface area contributed by atoms with Crippen LogP contribution in [0.25, 0.3) is 10.8 Å². The Hall–Kier alpha value is -2.87. The van der Waals surface area contributed by atoms with Crippen LogP contribution in [0.2, 0.25) is 0 Å². The van der Waals surface area contributed by atoms with Crippen molar-refractivity contribution < 1.29 is 17.9 Å². The summed E-state index contributed by atoms with van der Waals surface area (Å²) >= 11 is 0. The molecule has 3 atom stereocenters. The number of aromatic nitrogens is 2. The molecule has 0 aliphatic heterocycles. The van der Waals surface area contributed by atoms with Gasteiger partial charge in [-0.25, -0.2) is 0 Å². The maximum Gasteiger partial charge on any atom is 0.416 e. The molecule has 0 unspecified atom stereocenters. The normalized spacial score (nSPS) is 19.8. The molecule has 33 heavy (non-hydrogen) atoms. The fraction of sp³-hybridized carbons (Fsp3) is 0.440. The van der Waals surface area contributed by atoms with Crippen molar-refractivity contribution in [3.63, 3.8) is 0 Å². The van der Waals surface area contributed by atoms with Crippen molar-refractivity contribution in [3.05, 3.63) is 59.3 Å². The SMILES string of the molecule is Cc1c([C@@H](C)Nc2nncc3ccc(O[C@H]4CC[C@H](N(C)C)C4)cc23)cccc1C(F)(F)F. The third-order valence-corrected chi connectivity index (χ3v) is 6.53. The molecule has 176 valence electrons. The molecular weight excluding hydrogens is 429 g/mol. The summed E-state index contributed by atoms with van der Waals surface area (Å²) in [4.78, 5) is 2.23. The van der Waals surface area contributed by atoms with Crippen molar-refractivity contribution in [1.29, 1.82) is 0 Å². The molecule has 1 N–H and O–H groups in total. The van der Waals surface area contributed by atoms with E-state index in [0.717, 1.165) is 41.9 Å². The fourth-order valence-corrected chi connectivity index (χ4v) is 4.63. The number of alkyl halides is 3. The maximum atomic E-state index is 13.3. The minimum absolute atomic E-state index is 0.160. The minimum Gasteiger partial charge on any atom is -0.490 e. The van der Waals surface area contributed by atoms with E-state index in [2.05, 4.69) is 34.5 Å². The predicted molar refractivity (Wildman–Crippen MR) is 123 cm³/mol. The quantitative estimate of drug-likeness (QED) is 0.492. The average molecular weight is 459 g/mol. The van der Waals surface area contributed by atoms with Gasteiger partial charge < -0.3 is 15.0 Å². The Morgan fingerprint density at radius 3 is 2.64 bits per heavy atom. The van der Waals surface area contributed by atoms with Crippen LogP contribution in [-0.2, 0) is 6.18 Å². The number of anilines is 1. The summed E-state index contributed by atoms with van der Waals surface area (Å²) in [6.07, 6.45) is 0.535. The van der Waals surface area contributed by atoms with Gasteiger partial charge in [-0.05, 0) is 82.6 Å². The molecule has 1 heterocycles. The number of hydrogen-bond donors (Lipinski definition) is 1. The van der Waals surface area contributed by atoms with Gasteiger partial charge in [-0.3, -0.25) is 0 Å². The van der Waals surface area contributed by atoms with E-state index in [1.54, 1.807) is 12.3 Å². The molecule has 1 aromatic heterocycles. The first-order chi connectivity index (χ1) is 15.6. The van der Waals surface area contributed by atoms with E-state index in [0.29, 0.717) is 17.4 Å². The second-order valence-electron chi connectivity index (χ2n) is 9.00. The van der Waals surface area contributed by atoms with E-state index in [1.807, 2.05) is 25.1 Å². The molecule has 5 nitrogen and oxygen atoms in total.